The number of β-amino-alcohol motifs (C(OH)–C–C–N with tert-alkyl or cyclic N) is 1. The van der Waals surface area contributed by atoms with Gasteiger partial charge >= 0.3 is 0 Å². The maximum atomic E-state index is 13.8. The third-order valence-corrected chi connectivity index (χ3v) is 8.70. The van der Waals surface area contributed by atoms with Crippen molar-refractivity contribution >= 4 is 11.8 Å². The molecule has 1 aromatic heterocycles. The van der Waals surface area contributed by atoms with E-state index < -0.39 is 35.7 Å². The second-order valence-corrected chi connectivity index (χ2v) is 13.6. The number of aliphatic hydroxyl groups excluding tert-OH is 2. The number of piperazine rings is 1. The van der Waals surface area contributed by atoms with E-state index in [1.807, 2.05) is 93.7 Å². The molecule has 5 rings (SSSR count). The number of pyridine rings is 1. The van der Waals surface area contributed by atoms with Crippen molar-refractivity contribution in [3.63, 3.8) is 0 Å². The number of benzene rings is 2. The van der Waals surface area contributed by atoms with Crippen LogP contribution in [-0.4, -0.2) is 86.8 Å². The molecule has 2 amide bonds. The van der Waals surface area contributed by atoms with Gasteiger partial charge in [-0.1, -0.05) is 60.7 Å². The number of rotatable bonds is 11. The summed E-state index contributed by atoms with van der Waals surface area (Å²) in [6.07, 6.45) is 3.26. The Balaban J connectivity index is 1.29. The Bertz CT molecular complexity index is 1410. The molecule has 45 heavy (non-hydrogen) atoms. The van der Waals surface area contributed by atoms with Crippen molar-refractivity contribution in [1.29, 1.82) is 0 Å². The summed E-state index contributed by atoms with van der Waals surface area (Å²) in [6.45, 7) is 8.74. The van der Waals surface area contributed by atoms with E-state index in [1.165, 1.54) is 0 Å². The van der Waals surface area contributed by atoms with Crippen LogP contribution in [0, 0.1) is 5.92 Å². The number of aliphatic hydroxyl groups is 2. The van der Waals surface area contributed by atoms with Crippen molar-refractivity contribution < 1.29 is 19.8 Å². The number of carbonyl (C=O) groups excluding carboxylic acids is 2. The van der Waals surface area contributed by atoms with Crippen molar-refractivity contribution in [2.75, 3.05) is 26.2 Å². The predicted molar refractivity (Wildman–Crippen MR) is 174 cm³/mol. The molecule has 9 heteroatoms. The maximum Gasteiger partial charge on any atom is 0.239 e. The molecule has 4 N–H and O–H groups in total. The zero-order valence-electron chi connectivity index (χ0n) is 26.6. The first-order valence-corrected chi connectivity index (χ1v) is 16.0. The fourth-order valence-corrected chi connectivity index (χ4v) is 6.56. The topological polar surface area (TPSA) is 118 Å². The maximum absolute atomic E-state index is 13.8. The molecule has 1 fully saturated rings. The first kappa shape index (κ1) is 32.8. The van der Waals surface area contributed by atoms with Gasteiger partial charge in [0, 0.05) is 63.0 Å². The fourth-order valence-electron chi connectivity index (χ4n) is 6.56. The molecule has 0 saturated carbocycles. The molecule has 2 aliphatic rings. The van der Waals surface area contributed by atoms with Gasteiger partial charge in [-0.2, -0.15) is 0 Å². The summed E-state index contributed by atoms with van der Waals surface area (Å²) in [5.74, 6) is -0.781. The van der Waals surface area contributed by atoms with E-state index in [0.717, 1.165) is 28.8 Å². The first-order chi connectivity index (χ1) is 21.6. The van der Waals surface area contributed by atoms with Crippen molar-refractivity contribution in [3.8, 4) is 0 Å². The molecule has 3 aromatic rings. The molecule has 9 nitrogen and oxygen atoms in total. The van der Waals surface area contributed by atoms with Gasteiger partial charge in [-0.05, 0) is 61.9 Å². The Morgan fingerprint density at radius 2 is 1.73 bits per heavy atom. The van der Waals surface area contributed by atoms with Crippen LogP contribution in [0.15, 0.2) is 79.1 Å². The molecule has 0 radical (unpaired) electrons. The minimum absolute atomic E-state index is 0.0712. The van der Waals surface area contributed by atoms with Crippen LogP contribution in [0.25, 0.3) is 0 Å². The van der Waals surface area contributed by atoms with E-state index in [0.29, 0.717) is 32.5 Å². The first-order valence-electron chi connectivity index (χ1n) is 16.0. The Morgan fingerprint density at radius 3 is 2.47 bits per heavy atom. The number of amides is 2. The highest BCUT2D eigenvalue weighted by atomic mass is 16.3. The molecule has 1 aliphatic carbocycles. The average Bonchev–Trinajstić information content (AvgIpc) is 3.32. The summed E-state index contributed by atoms with van der Waals surface area (Å²) in [6, 6.07) is 20.6. The van der Waals surface area contributed by atoms with Gasteiger partial charge in [0.1, 0.15) is 6.04 Å². The SMILES string of the molecule is CC(C)(C)NC(=O)[C@@H]1CN(Cc2cccnc2)CCN1CC(O)CC(Cc1ccccc1)C(=O)NC1c2ccccc2C[C@H]1O. The van der Waals surface area contributed by atoms with Gasteiger partial charge < -0.3 is 20.8 Å². The highest BCUT2D eigenvalue weighted by Gasteiger charge is 2.37. The molecule has 5 atom stereocenters. The summed E-state index contributed by atoms with van der Waals surface area (Å²) in [4.78, 5) is 35.9. The Morgan fingerprint density at radius 1 is 1.00 bits per heavy atom. The number of aromatic nitrogens is 1. The number of nitrogens with zero attached hydrogens (tertiary/aromatic N) is 3. The summed E-state index contributed by atoms with van der Waals surface area (Å²) >= 11 is 0. The van der Waals surface area contributed by atoms with Gasteiger partial charge in [-0.3, -0.25) is 24.4 Å². The zero-order valence-corrected chi connectivity index (χ0v) is 26.6. The van der Waals surface area contributed by atoms with E-state index in [2.05, 4.69) is 25.4 Å². The molecule has 2 heterocycles. The predicted octanol–water partition coefficient (Wildman–Crippen LogP) is 2.87. The average molecular weight is 614 g/mol. The van der Waals surface area contributed by atoms with Crippen LogP contribution < -0.4 is 10.6 Å². The third kappa shape index (κ3) is 8.98. The molecular formula is C36H47N5O4. The van der Waals surface area contributed by atoms with Gasteiger partial charge in [0.15, 0.2) is 0 Å². The Labute approximate surface area is 266 Å². The van der Waals surface area contributed by atoms with Crippen LogP contribution in [0.5, 0.6) is 0 Å². The van der Waals surface area contributed by atoms with Crippen LogP contribution in [0.4, 0.5) is 0 Å². The van der Waals surface area contributed by atoms with E-state index in [9.17, 15) is 19.8 Å². The van der Waals surface area contributed by atoms with Gasteiger partial charge in [0.25, 0.3) is 0 Å². The minimum atomic E-state index is -0.833. The molecule has 0 bridgehead atoms. The molecule has 2 aromatic carbocycles. The summed E-state index contributed by atoms with van der Waals surface area (Å²) in [5, 5.41) is 28.5. The lowest BCUT2D eigenvalue weighted by Gasteiger charge is -2.42. The van der Waals surface area contributed by atoms with Crippen LogP contribution in [0.3, 0.4) is 0 Å². The number of carbonyl (C=O) groups is 2. The van der Waals surface area contributed by atoms with Crippen LogP contribution in [0.1, 0.15) is 55.5 Å². The lowest BCUT2D eigenvalue weighted by atomic mass is 9.91. The molecule has 3 unspecified atom stereocenters. The lowest BCUT2D eigenvalue weighted by Crippen LogP contribution is -2.61. The van der Waals surface area contributed by atoms with E-state index in [-0.39, 0.29) is 24.8 Å². The molecule has 1 aliphatic heterocycles. The van der Waals surface area contributed by atoms with Crippen LogP contribution in [0.2, 0.25) is 0 Å². The van der Waals surface area contributed by atoms with Crippen LogP contribution >= 0.6 is 0 Å². The summed E-state index contributed by atoms with van der Waals surface area (Å²) in [5.41, 5.74) is 3.68. The van der Waals surface area contributed by atoms with Gasteiger partial charge in [-0.25, -0.2) is 0 Å². The second kappa shape index (κ2) is 14.6. The van der Waals surface area contributed by atoms with E-state index >= 15 is 0 Å². The van der Waals surface area contributed by atoms with Crippen molar-refractivity contribution in [2.24, 2.45) is 5.92 Å². The third-order valence-electron chi connectivity index (χ3n) is 8.70. The summed E-state index contributed by atoms with van der Waals surface area (Å²) < 4.78 is 0. The monoisotopic (exact) mass is 613 g/mol. The molecular weight excluding hydrogens is 566 g/mol. The normalized spacial score (nSPS) is 21.9. The van der Waals surface area contributed by atoms with Crippen molar-refractivity contribution in [3.05, 3.63) is 101 Å². The number of hydrogen-bond acceptors (Lipinski definition) is 7. The highest BCUT2D eigenvalue weighted by Crippen LogP contribution is 2.32. The van der Waals surface area contributed by atoms with Crippen molar-refractivity contribution in [1.82, 2.24) is 25.4 Å². The Hall–Kier alpha value is -3.63. The smallest absolute Gasteiger partial charge is 0.239 e. The van der Waals surface area contributed by atoms with Crippen molar-refractivity contribution in [2.45, 2.75) is 76.4 Å². The second-order valence-electron chi connectivity index (χ2n) is 13.6. The number of fused-ring (bicyclic) bond motifs is 1. The highest BCUT2D eigenvalue weighted by molar-refractivity contribution is 5.83. The zero-order chi connectivity index (χ0) is 32.0. The quantitative estimate of drug-likeness (QED) is 0.263. The standard InChI is InChI=1S/C36H47N5O4/c1-36(2,3)39-35(45)31-24-40(22-26-12-9-15-37-21-26)16-17-41(31)23-29(42)19-28(18-25-10-5-4-6-11-25)34(44)38-33-30-14-8-7-13-27(30)20-32(33)43/h4-15,21,28-29,31-33,42-43H,16-20,22-24H2,1-3H3,(H,38,44)(H,39,45)/t28?,29?,31-,32+,33?/m0/s1. The minimum Gasteiger partial charge on any atom is -0.392 e. The fraction of sp³-hybridized carbons (Fsp3) is 0.472. The van der Waals surface area contributed by atoms with Gasteiger partial charge in [0.05, 0.1) is 18.2 Å². The summed E-state index contributed by atoms with van der Waals surface area (Å²) in [7, 11) is 0. The molecule has 1 saturated heterocycles. The molecule has 0 spiro atoms. The van der Waals surface area contributed by atoms with Gasteiger partial charge in [0.2, 0.25) is 11.8 Å². The van der Waals surface area contributed by atoms with Gasteiger partial charge in [-0.15, -0.1) is 0 Å². The van der Waals surface area contributed by atoms with E-state index in [1.54, 1.807) is 6.20 Å². The Kier molecular flexibility index (Phi) is 10.7. The number of nitrogens with one attached hydrogen (secondary N) is 2. The lowest BCUT2D eigenvalue weighted by molar-refractivity contribution is -0.132. The largest absolute Gasteiger partial charge is 0.392 e. The van der Waals surface area contributed by atoms with E-state index in [4.69, 9.17) is 0 Å². The molecule has 240 valence electrons. The number of hydrogen-bond donors (Lipinski definition) is 4. The van der Waals surface area contributed by atoms with Crippen LogP contribution in [-0.2, 0) is 29.0 Å².